The van der Waals surface area contributed by atoms with E-state index < -0.39 is 0 Å². The van der Waals surface area contributed by atoms with E-state index in [1.165, 1.54) is 0 Å². The third-order valence-corrected chi connectivity index (χ3v) is 1.72. The molecule has 0 amide bonds. The summed E-state index contributed by atoms with van der Waals surface area (Å²) >= 11 is 0. The van der Waals surface area contributed by atoms with Gasteiger partial charge in [-0.25, -0.2) is 0 Å². The summed E-state index contributed by atoms with van der Waals surface area (Å²) in [4.78, 5) is 0. The van der Waals surface area contributed by atoms with E-state index in [1.807, 2.05) is 0 Å². The van der Waals surface area contributed by atoms with Crippen LogP contribution < -0.4 is 11.5 Å². The SMILES string of the molecule is NC(N)=NN=CC1CCOCC1. The van der Waals surface area contributed by atoms with E-state index in [-0.39, 0.29) is 5.96 Å². The molecule has 5 nitrogen and oxygen atoms in total. The number of nitrogens with two attached hydrogens (primary N) is 2. The van der Waals surface area contributed by atoms with Crippen molar-refractivity contribution in [2.45, 2.75) is 12.8 Å². The van der Waals surface area contributed by atoms with E-state index >= 15 is 0 Å². The van der Waals surface area contributed by atoms with Gasteiger partial charge < -0.3 is 16.2 Å². The van der Waals surface area contributed by atoms with Gasteiger partial charge in [-0.15, -0.1) is 5.10 Å². The maximum absolute atomic E-state index is 5.18. The zero-order chi connectivity index (χ0) is 8.81. The molecule has 1 saturated heterocycles. The van der Waals surface area contributed by atoms with Gasteiger partial charge in [0.1, 0.15) is 0 Å². The smallest absolute Gasteiger partial charge is 0.211 e. The highest BCUT2D eigenvalue weighted by molar-refractivity contribution is 5.76. The second-order valence-corrected chi connectivity index (χ2v) is 2.74. The molecular formula is C7H14N4O. The number of ether oxygens (including phenoxy) is 1. The quantitative estimate of drug-likeness (QED) is 0.338. The monoisotopic (exact) mass is 170 g/mol. The van der Waals surface area contributed by atoms with Gasteiger partial charge in [-0.3, -0.25) is 0 Å². The third-order valence-electron chi connectivity index (χ3n) is 1.72. The van der Waals surface area contributed by atoms with E-state index in [4.69, 9.17) is 16.2 Å². The third kappa shape index (κ3) is 3.34. The van der Waals surface area contributed by atoms with Crippen molar-refractivity contribution < 1.29 is 4.74 Å². The molecule has 0 aromatic rings. The van der Waals surface area contributed by atoms with Crippen LogP contribution in [-0.4, -0.2) is 25.4 Å². The van der Waals surface area contributed by atoms with Gasteiger partial charge in [0.25, 0.3) is 0 Å². The first-order chi connectivity index (χ1) is 5.79. The van der Waals surface area contributed by atoms with Gasteiger partial charge in [0.05, 0.1) is 0 Å². The maximum Gasteiger partial charge on any atom is 0.211 e. The zero-order valence-corrected chi connectivity index (χ0v) is 6.94. The Morgan fingerprint density at radius 2 is 2.00 bits per heavy atom. The van der Waals surface area contributed by atoms with Crippen LogP contribution in [0.5, 0.6) is 0 Å². The Kier molecular flexibility index (Phi) is 3.53. The number of guanidine groups is 1. The summed E-state index contributed by atoms with van der Waals surface area (Å²) in [7, 11) is 0. The first-order valence-corrected chi connectivity index (χ1v) is 3.99. The first kappa shape index (κ1) is 8.99. The van der Waals surface area contributed by atoms with Crippen LogP contribution in [0.4, 0.5) is 0 Å². The highest BCUT2D eigenvalue weighted by Gasteiger charge is 2.10. The number of hydrogen-bond donors (Lipinski definition) is 2. The topological polar surface area (TPSA) is 86.0 Å². The van der Waals surface area contributed by atoms with E-state index in [2.05, 4.69) is 10.2 Å². The summed E-state index contributed by atoms with van der Waals surface area (Å²) in [6, 6.07) is 0. The Labute approximate surface area is 71.5 Å². The average Bonchev–Trinajstić information content (AvgIpc) is 2.05. The summed E-state index contributed by atoms with van der Waals surface area (Å²) < 4.78 is 5.18. The van der Waals surface area contributed by atoms with Crippen molar-refractivity contribution in [1.29, 1.82) is 0 Å². The van der Waals surface area contributed by atoms with Crippen LogP contribution in [0, 0.1) is 5.92 Å². The molecular weight excluding hydrogens is 156 g/mol. The Hall–Kier alpha value is -1.10. The van der Waals surface area contributed by atoms with Gasteiger partial charge in [0.15, 0.2) is 0 Å². The van der Waals surface area contributed by atoms with Crippen molar-refractivity contribution in [3.8, 4) is 0 Å². The molecule has 0 spiro atoms. The summed E-state index contributed by atoms with van der Waals surface area (Å²) in [5.74, 6) is 0.458. The summed E-state index contributed by atoms with van der Waals surface area (Å²) in [5, 5.41) is 7.27. The van der Waals surface area contributed by atoms with Crippen LogP contribution in [0.3, 0.4) is 0 Å². The number of nitrogens with zero attached hydrogens (tertiary/aromatic N) is 2. The Bertz CT molecular complexity index is 180. The summed E-state index contributed by atoms with van der Waals surface area (Å²) in [6.45, 7) is 1.61. The molecule has 4 N–H and O–H groups in total. The summed E-state index contributed by atoms with van der Waals surface area (Å²) in [6.07, 6.45) is 3.79. The van der Waals surface area contributed by atoms with Crippen molar-refractivity contribution in [3.05, 3.63) is 0 Å². The largest absolute Gasteiger partial charge is 0.381 e. The van der Waals surface area contributed by atoms with Crippen LogP contribution in [0.2, 0.25) is 0 Å². The minimum absolute atomic E-state index is 0.00157. The molecule has 0 unspecified atom stereocenters. The lowest BCUT2D eigenvalue weighted by Gasteiger charge is -2.17. The lowest BCUT2D eigenvalue weighted by Crippen LogP contribution is -2.22. The van der Waals surface area contributed by atoms with E-state index in [0.717, 1.165) is 26.1 Å². The molecule has 0 saturated carbocycles. The van der Waals surface area contributed by atoms with Crippen LogP contribution >= 0.6 is 0 Å². The molecule has 0 atom stereocenters. The van der Waals surface area contributed by atoms with Gasteiger partial charge in [-0.2, -0.15) is 5.10 Å². The fraction of sp³-hybridized carbons (Fsp3) is 0.714. The Morgan fingerprint density at radius 1 is 1.33 bits per heavy atom. The molecule has 0 aliphatic carbocycles. The average molecular weight is 170 g/mol. The van der Waals surface area contributed by atoms with Crippen molar-refractivity contribution >= 4 is 12.2 Å². The molecule has 0 aromatic carbocycles. The second kappa shape index (κ2) is 4.71. The van der Waals surface area contributed by atoms with Gasteiger partial charge >= 0.3 is 0 Å². The van der Waals surface area contributed by atoms with Crippen molar-refractivity contribution in [2.24, 2.45) is 27.6 Å². The van der Waals surface area contributed by atoms with Crippen LogP contribution in [0.1, 0.15) is 12.8 Å². The highest BCUT2D eigenvalue weighted by atomic mass is 16.5. The van der Waals surface area contributed by atoms with Crippen molar-refractivity contribution in [3.63, 3.8) is 0 Å². The lowest BCUT2D eigenvalue weighted by atomic mass is 10.0. The van der Waals surface area contributed by atoms with E-state index in [0.29, 0.717) is 5.92 Å². The minimum Gasteiger partial charge on any atom is -0.381 e. The molecule has 1 heterocycles. The predicted molar refractivity (Wildman–Crippen MR) is 47.8 cm³/mol. The standard InChI is InChI=1S/C7H14N4O/c8-7(9)11-10-5-6-1-3-12-4-2-6/h5-6H,1-4H2,(H4,8,9,11). The van der Waals surface area contributed by atoms with Crippen LogP contribution in [0.25, 0.3) is 0 Å². The molecule has 68 valence electrons. The fourth-order valence-electron chi connectivity index (χ4n) is 1.06. The molecule has 12 heavy (non-hydrogen) atoms. The van der Waals surface area contributed by atoms with E-state index in [9.17, 15) is 0 Å². The zero-order valence-electron chi connectivity index (χ0n) is 6.94. The molecule has 0 aromatic heterocycles. The molecule has 0 bridgehead atoms. The molecule has 1 fully saturated rings. The Morgan fingerprint density at radius 3 is 2.58 bits per heavy atom. The molecule has 1 rings (SSSR count). The number of hydrogen-bond acceptors (Lipinski definition) is 3. The molecule has 1 aliphatic heterocycles. The van der Waals surface area contributed by atoms with Crippen LogP contribution in [-0.2, 0) is 4.74 Å². The lowest BCUT2D eigenvalue weighted by molar-refractivity contribution is 0.0838. The minimum atomic E-state index is -0.00157. The van der Waals surface area contributed by atoms with Crippen molar-refractivity contribution in [2.75, 3.05) is 13.2 Å². The normalized spacial score (nSPS) is 19.7. The predicted octanol–water partition coefficient (Wildman–Crippen LogP) is -0.328. The van der Waals surface area contributed by atoms with Crippen molar-refractivity contribution in [1.82, 2.24) is 0 Å². The molecule has 1 aliphatic rings. The first-order valence-electron chi connectivity index (χ1n) is 3.99. The second-order valence-electron chi connectivity index (χ2n) is 2.74. The maximum atomic E-state index is 5.18. The molecule has 0 radical (unpaired) electrons. The van der Waals surface area contributed by atoms with Gasteiger partial charge in [-0.05, 0) is 12.8 Å². The molecule has 5 heteroatoms. The van der Waals surface area contributed by atoms with Gasteiger partial charge in [-0.1, -0.05) is 0 Å². The fourth-order valence-corrected chi connectivity index (χ4v) is 1.06. The van der Waals surface area contributed by atoms with Gasteiger partial charge in [0.2, 0.25) is 5.96 Å². The van der Waals surface area contributed by atoms with Gasteiger partial charge in [0, 0.05) is 25.3 Å². The highest BCUT2D eigenvalue weighted by Crippen LogP contribution is 2.11. The Balaban J connectivity index is 2.29. The number of rotatable bonds is 2. The van der Waals surface area contributed by atoms with E-state index in [1.54, 1.807) is 6.21 Å². The summed E-state index contributed by atoms with van der Waals surface area (Å²) in [5.41, 5.74) is 10.2. The van der Waals surface area contributed by atoms with Crippen LogP contribution in [0.15, 0.2) is 10.2 Å².